The van der Waals surface area contributed by atoms with Crippen LogP contribution >= 0.6 is 46.6 Å². The van der Waals surface area contributed by atoms with Crippen molar-refractivity contribution < 1.29 is 13.2 Å². The number of benzene rings is 1. The molecule has 0 aliphatic rings. The quantitative estimate of drug-likeness (QED) is 0.592. The topological polar surface area (TPSA) is 12.9 Å². The molecule has 1 heterocycles. The first-order valence-corrected chi connectivity index (χ1v) is 7.08. The summed E-state index contributed by atoms with van der Waals surface area (Å²) in [5.41, 5.74) is -0.863. The summed E-state index contributed by atoms with van der Waals surface area (Å²) in [7, 11) is 0. The van der Waals surface area contributed by atoms with E-state index in [4.69, 9.17) is 34.8 Å². The van der Waals surface area contributed by atoms with E-state index in [2.05, 4.69) is 4.98 Å². The van der Waals surface area contributed by atoms with Crippen LogP contribution in [0.15, 0.2) is 40.3 Å². The van der Waals surface area contributed by atoms with E-state index >= 15 is 0 Å². The van der Waals surface area contributed by atoms with Gasteiger partial charge in [0.15, 0.2) is 0 Å². The summed E-state index contributed by atoms with van der Waals surface area (Å²) in [4.78, 5) is 4.34. The number of nitrogens with zero attached hydrogens (tertiary/aromatic N) is 1. The molecule has 2 aromatic rings. The zero-order valence-electron chi connectivity index (χ0n) is 9.51. The van der Waals surface area contributed by atoms with Gasteiger partial charge in [0.1, 0.15) is 10.2 Å². The third-order valence-electron chi connectivity index (χ3n) is 2.21. The minimum Gasteiger partial charge on any atom is -0.229 e. The van der Waals surface area contributed by atoms with Gasteiger partial charge in [-0.15, -0.1) is 0 Å². The number of rotatable bonds is 2. The van der Waals surface area contributed by atoms with Crippen molar-refractivity contribution in [3.05, 3.63) is 51.1 Å². The fourth-order valence-electron chi connectivity index (χ4n) is 1.36. The molecule has 0 amide bonds. The third-order valence-corrected chi connectivity index (χ3v) is 4.05. The van der Waals surface area contributed by atoms with Gasteiger partial charge in [0.25, 0.3) is 0 Å². The van der Waals surface area contributed by atoms with Gasteiger partial charge >= 0.3 is 6.18 Å². The molecule has 0 saturated carbocycles. The van der Waals surface area contributed by atoms with Gasteiger partial charge in [0.05, 0.1) is 10.6 Å². The van der Waals surface area contributed by atoms with Gasteiger partial charge in [-0.25, -0.2) is 4.98 Å². The molecular weight excluding hydrogens is 354 g/mol. The van der Waals surface area contributed by atoms with E-state index in [-0.39, 0.29) is 10.2 Å². The molecular formula is C12H5Cl3F3NS. The Hall–Kier alpha value is -0.620. The summed E-state index contributed by atoms with van der Waals surface area (Å²) < 4.78 is 38.1. The number of alkyl halides is 3. The zero-order valence-corrected chi connectivity index (χ0v) is 12.6. The predicted molar refractivity (Wildman–Crippen MR) is 74.8 cm³/mol. The van der Waals surface area contributed by atoms with Crippen LogP contribution in [0.3, 0.4) is 0 Å². The molecule has 0 fully saturated rings. The summed E-state index contributed by atoms with van der Waals surface area (Å²) in [6.07, 6.45) is -4.49. The van der Waals surface area contributed by atoms with E-state index in [9.17, 15) is 13.2 Å². The van der Waals surface area contributed by atoms with Crippen LogP contribution in [0.1, 0.15) is 5.56 Å². The van der Waals surface area contributed by atoms with Crippen molar-refractivity contribution in [1.82, 2.24) is 4.98 Å². The second kappa shape index (κ2) is 6.02. The third kappa shape index (κ3) is 3.95. The van der Waals surface area contributed by atoms with Gasteiger partial charge in [0.2, 0.25) is 0 Å². The molecule has 0 N–H and O–H groups in total. The molecule has 0 aliphatic heterocycles. The normalized spacial score (nSPS) is 11.7. The maximum absolute atomic E-state index is 12.7. The van der Waals surface area contributed by atoms with Crippen LogP contribution in [0.4, 0.5) is 13.2 Å². The van der Waals surface area contributed by atoms with Gasteiger partial charge < -0.3 is 0 Å². The smallest absolute Gasteiger partial charge is 0.229 e. The molecule has 0 bridgehead atoms. The van der Waals surface area contributed by atoms with E-state index in [0.717, 1.165) is 23.9 Å². The standard InChI is InChI=1S/C12H5Cl3F3NS/c13-7-1-2-8(14)9(5-7)20-11-4-6(12(16,17)18)3-10(15)19-11/h1-5H. The monoisotopic (exact) mass is 357 g/mol. The van der Waals surface area contributed by atoms with Gasteiger partial charge in [-0.1, -0.05) is 46.6 Å². The lowest BCUT2D eigenvalue weighted by atomic mass is 10.3. The van der Waals surface area contributed by atoms with Crippen LogP contribution in [-0.4, -0.2) is 4.98 Å². The second-order valence-electron chi connectivity index (χ2n) is 3.69. The highest BCUT2D eigenvalue weighted by Crippen LogP contribution is 2.38. The lowest BCUT2D eigenvalue weighted by molar-refractivity contribution is -0.137. The molecule has 106 valence electrons. The Bertz CT molecular complexity index is 646. The van der Waals surface area contributed by atoms with E-state index < -0.39 is 11.7 Å². The van der Waals surface area contributed by atoms with Crippen LogP contribution in [-0.2, 0) is 6.18 Å². The number of hydrogen-bond acceptors (Lipinski definition) is 2. The molecule has 1 aromatic carbocycles. The fraction of sp³-hybridized carbons (Fsp3) is 0.0833. The van der Waals surface area contributed by atoms with Crippen molar-refractivity contribution in [2.75, 3.05) is 0 Å². The predicted octanol–water partition coefficient (Wildman–Crippen LogP) is 6.21. The van der Waals surface area contributed by atoms with Crippen LogP contribution in [0.25, 0.3) is 0 Å². The van der Waals surface area contributed by atoms with Crippen molar-refractivity contribution in [1.29, 1.82) is 0 Å². The van der Waals surface area contributed by atoms with Crippen LogP contribution in [0.5, 0.6) is 0 Å². The van der Waals surface area contributed by atoms with Gasteiger partial charge in [0, 0.05) is 9.92 Å². The van der Waals surface area contributed by atoms with Crippen LogP contribution in [0.2, 0.25) is 15.2 Å². The Morgan fingerprint density at radius 3 is 2.35 bits per heavy atom. The minimum absolute atomic E-state index is 0.0917. The van der Waals surface area contributed by atoms with Crippen molar-refractivity contribution in [2.45, 2.75) is 16.1 Å². The average Bonchev–Trinajstić information content (AvgIpc) is 2.32. The van der Waals surface area contributed by atoms with Gasteiger partial charge in [-0.05, 0) is 30.3 Å². The van der Waals surface area contributed by atoms with E-state index in [1.54, 1.807) is 18.2 Å². The molecule has 0 spiro atoms. The Kier molecular flexibility index (Phi) is 4.74. The Morgan fingerprint density at radius 2 is 1.70 bits per heavy atom. The Morgan fingerprint density at radius 1 is 1.00 bits per heavy atom. The zero-order chi connectivity index (χ0) is 14.9. The first-order valence-electron chi connectivity index (χ1n) is 5.13. The largest absolute Gasteiger partial charge is 0.416 e. The van der Waals surface area contributed by atoms with Crippen molar-refractivity contribution >= 4 is 46.6 Å². The number of pyridine rings is 1. The van der Waals surface area contributed by atoms with Crippen molar-refractivity contribution in [3.63, 3.8) is 0 Å². The molecule has 0 aliphatic carbocycles. The lowest BCUT2D eigenvalue weighted by Gasteiger charge is -2.09. The lowest BCUT2D eigenvalue weighted by Crippen LogP contribution is -2.05. The molecule has 2 rings (SSSR count). The molecule has 0 unspecified atom stereocenters. The number of halogens is 6. The van der Waals surface area contributed by atoms with Crippen LogP contribution < -0.4 is 0 Å². The maximum atomic E-state index is 12.7. The highest BCUT2D eigenvalue weighted by Gasteiger charge is 2.31. The fourth-order valence-corrected chi connectivity index (χ4v) is 2.99. The van der Waals surface area contributed by atoms with Crippen LogP contribution in [0, 0.1) is 0 Å². The van der Waals surface area contributed by atoms with Gasteiger partial charge in [-0.3, -0.25) is 0 Å². The van der Waals surface area contributed by atoms with Crippen molar-refractivity contribution in [3.8, 4) is 0 Å². The first-order chi connectivity index (χ1) is 9.25. The van der Waals surface area contributed by atoms with Gasteiger partial charge in [-0.2, -0.15) is 13.2 Å². The Balaban J connectivity index is 2.39. The summed E-state index contributed by atoms with van der Waals surface area (Å²) in [6, 6.07) is 6.37. The average molecular weight is 359 g/mol. The molecule has 0 radical (unpaired) electrons. The van der Waals surface area contributed by atoms with Crippen molar-refractivity contribution in [2.24, 2.45) is 0 Å². The van der Waals surface area contributed by atoms with E-state index in [0.29, 0.717) is 14.9 Å². The molecule has 1 aromatic heterocycles. The van der Waals surface area contributed by atoms with E-state index in [1.165, 1.54) is 0 Å². The second-order valence-corrected chi connectivity index (χ2v) is 5.98. The summed E-state index contributed by atoms with van der Waals surface area (Å²) in [5.74, 6) is 0. The van der Waals surface area contributed by atoms with E-state index in [1.807, 2.05) is 0 Å². The number of aromatic nitrogens is 1. The summed E-state index contributed by atoms with van der Waals surface area (Å²) in [6.45, 7) is 0. The molecule has 0 atom stereocenters. The summed E-state index contributed by atoms with van der Waals surface area (Å²) >= 11 is 18.3. The highest BCUT2D eigenvalue weighted by atomic mass is 35.5. The highest BCUT2D eigenvalue weighted by molar-refractivity contribution is 7.99. The SMILES string of the molecule is FC(F)(F)c1cc(Cl)nc(Sc2cc(Cl)ccc2Cl)c1. The summed E-state index contributed by atoms with van der Waals surface area (Å²) in [5, 5.41) is 0.652. The Labute approximate surface area is 132 Å². The molecule has 0 saturated heterocycles. The maximum Gasteiger partial charge on any atom is 0.416 e. The molecule has 1 nitrogen and oxygen atoms in total. The molecule has 20 heavy (non-hydrogen) atoms. The first kappa shape index (κ1) is 15.8. The molecule has 8 heteroatoms. The number of hydrogen-bond donors (Lipinski definition) is 0. The minimum atomic E-state index is -4.49.